The molecule has 1 N–H and O–H groups in total. The predicted molar refractivity (Wildman–Crippen MR) is 100 cm³/mol. The first-order valence-electron chi connectivity index (χ1n) is 7.89. The molecule has 6 heteroatoms. The van der Waals surface area contributed by atoms with Gasteiger partial charge in [0.05, 0.1) is 12.8 Å². The van der Waals surface area contributed by atoms with E-state index in [1.807, 2.05) is 31.2 Å². The largest absolute Gasteiger partial charge is 0.495 e. The molecular weight excluding hydrogens is 340 g/mol. The monoisotopic (exact) mass is 360 g/mol. The maximum atomic E-state index is 12.2. The van der Waals surface area contributed by atoms with Crippen molar-refractivity contribution in [1.29, 1.82) is 0 Å². The molecule has 0 aliphatic heterocycles. The zero-order valence-corrected chi connectivity index (χ0v) is 15.3. The van der Waals surface area contributed by atoms with Gasteiger partial charge in [-0.25, -0.2) is 0 Å². The van der Waals surface area contributed by atoms with Gasteiger partial charge < -0.3 is 15.0 Å². The lowest BCUT2D eigenvalue weighted by Gasteiger charge is -2.23. The fourth-order valence-electron chi connectivity index (χ4n) is 2.48. The molecule has 0 heterocycles. The van der Waals surface area contributed by atoms with Gasteiger partial charge in [0.25, 0.3) is 0 Å². The van der Waals surface area contributed by atoms with Gasteiger partial charge in [-0.3, -0.25) is 9.59 Å². The molecule has 0 fully saturated rings. The van der Waals surface area contributed by atoms with Crippen molar-refractivity contribution in [3.8, 4) is 5.75 Å². The summed E-state index contributed by atoms with van der Waals surface area (Å²) in [4.78, 5) is 25.7. The van der Waals surface area contributed by atoms with E-state index in [4.69, 9.17) is 16.3 Å². The van der Waals surface area contributed by atoms with Crippen LogP contribution in [0, 0.1) is 6.92 Å². The van der Waals surface area contributed by atoms with E-state index in [9.17, 15) is 9.59 Å². The second-order valence-electron chi connectivity index (χ2n) is 5.65. The number of anilines is 2. The normalized spacial score (nSPS) is 10.2. The number of hydrogen-bond donors (Lipinski definition) is 1. The van der Waals surface area contributed by atoms with Gasteiger partial charge in [0.15, 0.2) is 0 Å². The van der Waals surface area contributed by atoms with Crippen molar-refractivity contribution in [3.63, 3.8) is 0 Å². The average Bonchev–Trinajstić information content (AvgIpc) is 2.55. The van der Waals surface area contributed by atoms with Crippen molar-refractivity contribution >= 4 is 34.8 Å². The summed E-state index contributed by atoms with van der Waals surface area (Å²) in [5.74, 6) is 0.167. The second kappa shape index (κ2) is 8.53. The Balaban J connectivity index is 2.08. The van der Waals surface area contributed by atoms with Crippen molar-refractivity contribution in [1.82, 2.24) is 0 Å². The zero-order chi connectivity index (χ0) is 18.4. The fourth-order valence-corrected chi connectivity index (χ4v) is 2.65. The second-order valence-corrected chi connectivity index (χ2v) is 6.09. The third-order valence-electron chi connectivity index (χ3n) is 3.68. The zero-order valence-electron chi connectivity index (χ0n) is 14.5. The first kappa shape index (κ1) is 18.8. The van der Waals surface area contributed by atoms with Crippen LogP contribution in [0.3, 0.4) is 0 Å². The lowest BCUT2D eigenvalue weighted by atomic mass is 10.2. The molecule has 5 nitrogen and oxygen atoms in total. The number of aryl methyl sites for hydroxylation is 1. The van der Waals surface area contributed by atoms with Gasteiger partial charge in [0.1, 0.15) is 5.75 Å². The molecule has 0 spiro atoms. The van der Waals surface area contributed by atoms with E-state index in [0.29, 0.717) is 16.5 Å². The molecule has 0 bridgehead atoms. The summed E-state index contributed by atoms with van der Waals surface area (Å²) in [7, 11) is 1.52. The van der Waals surface area contributed by atoms with Crippen LogP contribution >= 0.6 is 11.6 Å². The summed E-state index contributed by atoms with van der Waals surface area (Å²) >= 11 is 6.03. The number of halogens is 1. The van der Waals surface area contributed by atoms with E-state index in [0.717, 1.165) is 11.3 Å². The molecule has 2 aromatic rings. The van der Waals surface area contributed by atoms with Gasteiger partial charge in [-0.2, -0.15) is 0 Å². The Morgan fingerprint density at radius 1 is 1.20 bits per heavy atom. The van der Waals surface area contributed by atoms with Crippen LogP contribution < -0.4 is 15.0 Å². The number of rotatable bonds is 6. The van der Waals surface area contributed by atoms with Gasteiger partial charge in [-0.15, -0.1) is 0 Å². The smallest absolute Gasteiger partial charge is 0.226 e. The molecule has 0 saturated heterocycles. The molecule has 0 atom stereocenters. The molecule has 25 heavy (non-hydrogen) atoms. The SMILES string of the molecule is COc1ccc(Cl)cc1N(CCC(=O)Nc1cccc(C)c1)C(C)=O. The highest BCUT2D eigenvalue weighted by molar-refractivity contribution is 6.31. The summed E-state index contributed by atoms with van der Waals surface area (Å²) in [6.07, 6.45) is 0.156. The molecule has 0 unspecified atom stereocenters. The van der Waals surface area contributed by atoms with E-state index in [1.54, 1.807) is 18.2 Å². The lowest BCUT2D eigenvalue weighted by Crippen LogP contribution is -2.32. The molecule has 0 aliphatic carbocycles. The van der Waals surface area contributed by atoms with Crippen molar-refractivity contribution < 1.29 is 14.3 Å². The summed E-state index contributed by atoms with van der Waals surface area (Å²) in [5.41, 5.74) is 2.34. The standard InChI is InChI=1S/C19H21ClN2O3/c1-13-5-4-6-16(11-13)21-19(24)9-10-22(14(2)23)17-12-15(20)7-8-18(17)25-3/h4-8,11-12H,9-10H2,1-3H3,(H,21,24). The van der Waals surface area contributed by atoms with Crippen LogP contribution in [0.2, 0.25) is 5.02 Å². The van der Waals surface area contributed by atoms with E-state index in [-0.39, 0.29) is 24.8 Å². The number of hydrogen-bond acceptors (Lipinski definition) is 3. The molecule has 0 radical (unpaired) electrons. The number of nitrogens with zero attached hydrogens (tertiary/aromatic N) is 1. The maximum absolute atomic E-state index is 12.2. The topological polar surface area (TPSA) is 58.6 Å². The highest BCUT2D eigenvalue weighted by Gasteiger charge is 2.18. The Hall–Kier alpha value is -2.53. The van der Waals surface area contributed by atoms with Gasteiger partial charge in [0, 0.05) is 30.6 Å². The van der Waals surface area contributed by atoms with Gasteiger partial charge in [-0.1, -0.05) is 23.7 Å². The summed E-state index contributed by atoms with van der Waals surface area (Å²) in [5, 5.41) is 3.33. The van der Waals surface area contributed by atoms with Crippen LogP contribution in [0.25, 0.3) is 0 Å². The van der Waals surface area contributed by atoms with E-state index < -0.39 is 0 Å². The van der Waals surface area contributed by atoms with Gasteiger partial charge in [0.2, 0.25) is 11.8 Å². The van der Waals surface area contributed by atoms with Gasteiger partial charge in [-0.05, 0) is 42.8 Å². The Morgan fingerprint density at radius 3 is 2.60 bits per heavy atom. The quantitative estimate of drug-likeness (QED) is 0.845. The number of carbonyl (C=O) groups excluding carboxylic acids is 2. The third kappa shape index (κ3) is 5.22. The maximum Gasteiger partial charge on any atom is 0.226 e. The number of nitrogens with one attached hydrogen (secondary N) is 1. The van der Waals surface area contributed by atoms with Crippen LogP contribution in [0.4, 0.5) is 11.4 Å². The number of benzene rings is 2. The number of carbonyl (C=O) groups is 2. The summed E-state index contributed by atoms with van der Waals surface area (Å²) in [6.45, 7) is 3.63. The van der Waals surface area contributed by atoms with Gasteiger partial charge >= 0.3 is 0 Å². The molecule has 132 valence electrons. The van der Waals surface area contributed by atoms with E-state index >= 15 is 0 Å². The number of amides is 2. The predicted octanol–water partition coefficient (Wildman–Crippen LogP) is 4.04. The van der Waals surface area contributed by atoms with E-state index in [2.05, 4.69) is 5.32 Å². The lowest BCUT2D eigenvalue weighted by molar-refractivity contribution is -0.117. The molecule has 2 aromatic carbocycles. The minimum absolute atomic E-state index is 0.156. The van der Waals surface area contributed by atoms with Crippen LogP contribution in [0.1, 0.15) is 18.9 Å². The van der Waals surface area contributed by atoms with Crippen LogP contribution in [-0.4, -0.2) is 25.5 Å². The number of ether oxygens (including phenoxy) is 1. The Kier molecular flexibility index (Phi) is 6.42. The van der Waals surface area contributed by atoms with E-state index in [1.165, 1.54) is 18.9 Å². The molecule has 0 aromatic heterocycles. The Labute approximate surface area is 152 Å². The highest BCUT2D eigenvalue weighted by atomic mass is 35.5. The van der Waals surface area contributed by atoms with Crippen molar-refractivity contribution in [2.75, 3.05) is 23.9 Å². The summed E-state index contributed by atoms with van der Waals surface area (Å²) in [6, 6.07) is 12.6. The van der Waals surface area contributed by atoms with Crippen molar-refractivity contribution in [3.05, 3.63) is 53.1 Å². The highest BCUT2D eigenvalue weighted by Crippen LogP contribution is 2.31. The average molecular weight is 361 g/mol. The van der Waals surface area contributed by atoms with Crippen LogP contribution in [0.5, 0.6) is 5.75 Å². The fraction of sp³-hybridized carbons (Fsp3) is 0.263. The Bertz CT molecular complexity index is 777. The molecule has 0 aliphatic rings. The number of methoxy groups -OCH3 is 1. The van der Waals surface area contributed by atoms with Crippen LogP contribution in [0.15, 0.2) is 42.5 Å². The molecular formula is C19H21ClN2O3. The first-order chi connectivity index (χ1) is 11.9. The Morgan fingerprint density at radius 2 is 1.96 bits per heavy atom. The van der Waals surface area contributed by atoms with Crippen molar-refractivity contribution in [2.24, 2.45) is 0 Å². The minimum atomic E-state index is -0.191. The van der Waals surface area contributed by atoms with Crippen molar-refractivity contribution in [2.45, 2.75) is 20.3 Å². The first-order valence-corrected chi connectivity index (χ1v) is 8.26. The van der Waals surface area contributed by atoms with Crippen LogP contribution in [-0.2, 0) is 9.59 Å². The minimum Gasteiger partial charge on any atom is -0.495 e. The molecule has 2 amide bonds. The summed E-state index contributed by atoms with van der Waals surface area (Å²) < 4.78 is 5.29. The third-order valence-corrected chi connectivity index (χ3v) is 3.91. The molecule has 0 saturated carbocycles. The molecule has 2 rings (SSSR count).